The van der Waals surface area contributed by atoms with Gasteiger partial charge in [-0.1, -0.05) is 6.92 Å². The van der Waals surface area contributed by atoms with E-state index in [1.807, 2.05) is 4.57 Å². The molecular formula is C15H22N4O3. The Morgan fingerprint density at radius 3 is 2.91 bits per heavy atom. The molecule has 0 aliphatic carbocycles. The van der Waals surface area contributed by atoms with Crippen LogP contribution < -0.4 is 5.73 Å². The van der Waals surface area contributed by atoms with Crippen molar-refractivity contribution in [1.29, 1.82) is 0 Å². The number of nitrogen functional groups attached to an aromatic ring is 1. The normalized spacial score (nSPS) is 25.1. The second kappa shape index (κ2) is 6.20. The summed E-state index contributed by atoms with van der Waals surface area (Å²) in [7, 11) is 3.36. The molecule has 0 amide bonds. The van der Waals surface area contributed by atoms with Crippen molar-refractivity contribution in [3.05, 3.63) is 18.1 Å². The Bertz CT molecular complexity index is 658. The van der Waals surface area contributed by atoms with E-state index < -0.39 is 0 Å². The van der Waals surface area contributed by atoms with Crippen LogP contribution in [0.5, 0.6) is 0 Å². The van der Waals surface area contributed by atoms with Crippen molar-refractivity contribution in [2.24, 2.45) is 0 Å². The lowest BCUT2D eigenvalue weighted by Gasteiger charge is -2.16. The van der Waals surface area contributed by atoms with E-state index in [2.05, 4.69) is 23.1 Å². The summed E-state index contributed by atoms with van der Waals surface area (Å²) in [6.07, 6.45) is 4.95. The molecule has 0 spiro atoms. The van der Waals surface area contributed by atoms with Crippen LogP contribution in [0.1, 0.15) is 25.1 Å². The first-order valence-electron chi connectivity index (χ1n) is 7.46. The third-order valence-corrected chi connectivity index (χ3v) is 4.22. The molecule has 2 aromatic rings. The first-order valence-corrected chi connectivity index (χ1v) is 7.46. The standard InChI is InChI=1S/C15H22N4O3/c1-4-9-6-19(15-13(9)14(16)17-8-18-15)12-5-10(21-3)11(22-12)7-20-2/h6,8,10-12H,4-5,7H2,1-3H3,(H2,16,17,18). The Morgan fingerprint density at radius 2 is 2.23 bits per heavy atom. The van der Waals surface area contributed by atoms with Crippen LogP contribution in [0, 0.1) is 0 Å². The van der Waals surface area contributed by atoms with E-state index in [-0.39, 0.29) is 18.4 Å². The molecule has 0 bridgehead atoms. The maximum absolute atomic E-state index is 6.11. The SMILES string of the molecule is CCc1cn(C2CC(OC)C(COC)O2)c2ncnc(N)c12. The fourth-order valence-corrected chi connectivity index (χ4v) is 3.11. The molecule has 1 saturated heterocycles. The first-order chi connectivity index (χ1) is 10.7. The molecule has 22 heavy (non-hydrogen) atoms. The summed E-state index contributed by atoms with van der Waals surface area (Å²) >= 11 is 0. The van der Waals surface area contributed by atoms with Gasteiger partial charge < -0.3 is 24.5 Å². The Balaban J connectivity index is 1.99. The van der Waals surface area contributed by atoms with Crippen molar-refractivity contribution in [2.45, 2.75) is 38.2 Å². The molecule has 3 rings (SSSR count). The first kappa shape index (κ1) is 15.2. The van der Waals surface area contributed by atoms with Crippen LogP contribution in [0.3, 0.4) is 0 Å². The Hall–Kier alpha value is -1.70. The third-order valence-electron chi connectivity index (χ3n) is 4.22. The number of rotatable bonds is 5. The summed E-state index contributed by atoms with van der Waals surface area (Å²) in [4.78, 5) is 8.50. The van der Waals surface area contributed by atoms with Gasteiger partial charge in [-0.05, 0) is 12.0 Å². The van der Waals surface area contributed by atoms with Crippen molar-refractivity contribution in [3.63, 3.8) is 0 Å². The molecular weight excluding hydrogens is 284 g/mol. The topological polar surface area (TPSA) is 84.4 Å². The molecule has 0 aromatic carbocycles. The van der Waals surface area contributed by atoms with Crippen LogP contribution in [0.15, 0.2) is 12.5 Å². The lowest BCUT2D eigenvalue weighted by molar-refractivity contribution is -0.0596. The zero-order valence-electron chi connectivity index (χ0n) is 13.2. The predicted octanol–water partition coefficient (Wildman–Crippen LogP) is 1.52. The van der Waals surface area contributed by atoms with Crippen molar-refractivity contribution >= 4 is 16.9 Å². The molecule has 1 aliphatic rings. The van der Waals surface area contributed by atoms with Gasteiger partial charge >= 0.3 is 0 Å². The molecule has 0 saturated carbocycles. The maximum Gasteiger partial charge on any atom is 0.147 e. The molecule has 3 heterocycles. The monoisotopic (exact) mass is 306 g/mol. The maximum atomic E-state index is 6.11. The second-order valence-corrected chi connectivity index (χ2v) is 5.47. The summed E-state index contributed by atoms with van der Waals surface area (Å²) in [6, 6.07) is 0. The fraction of sp³-hybridized carbons (Fsp3) is 0.600. The molecule has 120 valence electrons. The number of aromatic nitrogens is 3. The second-order valence-electron chi connectivity index (χ2n) is 5.47. The highest BCUT2D eigenvalue weighted by molar-refractivity contribution is 5.89. The smallest absolute Gasteiger partial charge is 0.147 e. The molecule has 3 unspecified atom stereocenters. The highest BCUT2D eigenvalue weighted by atomic mass is 16.6. The highest BCUT2D eigenvalue weighted by Gasteiger charge is 2.37. The van der Waals surface area contributed by atoms with Gasteiger partial charge in [0.25, 0.3) is 0 Å². The van der Waals surface area contributed by atoms with E-state index in [0.717, 1.165) is 29.4 Å². The Morgan fingerprint density at radius 1 is 1.41 bits per heavy atom. The van der Waals surface area contributed by atoms with Gasteiger partial charge in [-0.2, -0.15) is 0 Å². The minimum atomic E-state index is -0.137. The van der Waals surface area contributed by atoms with Crippen molar-refractivity contribution in [1.82, 2.24) is 14.5 Å². The number of aryl methyl sites for hydroxylation is 1. The number of nitrogens with zero attached hydrogens (tertiary/aromatic N) is 3. The van der Waals surface area contributed by atoms with E-state index in [1.165, 1.54) is 6.33 Å². The van der Waals surface area contributed by atoms with Gasteiger partial charge in [-0.3, -0.25) is 0 Å². The van der Waals surface area contributed by atoms with Gasteiger partial charge in [-0.25, -0.2) is 9.97 Å². The minimum absolute atomic E-state index is 0.00617. The summed E-state index contributed by atoms with van der Waals surface area (Å²) in [5.74, 6) is 0.510. The van der Waals surface area contributed by atoms with Gasteiger partial charge in [0, 0.05) is 26.8 Å². The lowest BCUT2D eigenvalue weighted by Crippen LogP contribution is -2.27. The van der Waals surface area contributed by atoms with Crippen LogP contribution >= 0.6 is 0 Å². The van der Waals surface area contributed by atoms with Crippen molar-refractivity contribution in [2.75, 3.05) is 26.6 Å². The zero-order chi connectivity index (χ0) is 15.7. The van der Waals surface area contributed by atoms with Crippen molar-refractivity contribution in [3.8, 4) is 0 Å². The number of nitrogens with two attached hydrogens (primary N) is 1. The quantitative estimate of drug-likeness (QED) is 0.901. The lowest BCUT2D eigenvalue weighted by atomic mass is 10.2. The number of hydrogen-bond donors (Lipinski definition) is 1. The van der Waals surface area contributed by atoms with Crippen LogP contribution in [0.25, 0.3) is 11.0 Å². The summed E-state index contributed by atoms with van der Waals surface area (Å²) in [6.45, 7) is 2.60. The Kier molecular flexibility index (Phi) is 4.28. The van der Waals surface area contributed by atoms with Gasteiger partial charge in [0.05, 0.1) is 18.1 Å². The van der Waals surface area contributed by atoms with Crippen LogP contribution in [-0.2, 0) is 20.6 Å². The largest absolute Gasteiger partial charge is 0.383 e. The highest BCUT2D eigenvalue weighted by Crippen LogP contribution is 2.35. The molecule has 2 aromatic heterocycles. The van der Waals surface area contributed by atoms with Gasteiger partial charge in [0.2, 0.25) is 0 Å². The van der Waals surface area contributed by atoms with Crippen molar-refractivity contribution < 1.29 is 14.2 Å². The number of fused-ring (bicyclic) bond motifs is 1. The molecule has 7 heteroatoms. The van der Waals surface area contributed by atoms with Gasteiger partial charge in [-0.15, -0.1) is 0 Å². The number of ether oxygens (including phenoxy) is 3. The van der Waals surface area contributed by atoms with Crippen LogP contribution in [0.2, 0.25) is 0 Å². The van der Waals surface area contributed by atoms with Gasteiger partial charge in [0.15, 0.2) is 0 Å². The van der Waals surface area contributed by atoms with Crippen LogP contribution in [-0.4, -0.2) is 47.6 Å². The average Bonchev–Trinajstić information content (AvgIpc) is 3.09. The average molecular weight is 306 g/mol. The Labute approximate surface area is 129 Å². The molecule has 2 N–H and O–H groups in total. The predicted molar refractivity (Wildman–Crippen MR) is 82.5 cm³/mol. The van der Waals surface area contributed by atoms with E-state index in [1.54, 1.807) is 14.2 Å². The molecule has 3 atom stereocenters. The molecule has 1 fully saturated rings. The van der Waals surface area contributed by atoms with E-state index >= 15 is 0 Å². The van der Waals surface area contributed by atoms with Crippen LogP contribution in [0.4, 0.5) is 5.82 Å². The molecule has 0 radical (unpaired) electrons. The van der Waals surface area contributed by atoms with Gasteiger partial charge in [0.1, 0.15) is 30.1 Å². The minimum Gasteiger partial charge on any atom is -0.383 e. The van der Waals surface area contributed by atoms with E-state index in [4.69, 9.17) is 19.9 Å². The summed E-state index contributed by atoms with van der Waals surface area (Å²) in [5.41, 5.74) is 7.96. The summed E-state index contributed by atoms with van der Waals surface area (Å²) < 4.78 is 18.9. The zero-order valence-corrected chi connectivity index (χ0v) is 13.2. The van der Waals surface area contributed by atoms with E-state index in [9.17, 15) is 0 Å². The molecule has 7 nitrogen and oxygen atoms in total. The number of hydrogen-bond acceptors (Lipinski definition) is 6. The molecule has 1 aliphatic heterocycles. The third kappa shape index (κ3) is 2.45. The van der Waals surface area contributed by atoms with E-state index in [0.29, 0.717) is 12.4 Å². The number of anilines is 1. The fourth-order valence-electron chi connectivity index (χ4n) is 3.11. The summed E-state index contributed by atoms with van der Waals surface area (Å²) in [5, 5.41) is 0.915. The number of methoxy groups -OCH3 is 2.